The highest BCUT2D eigenvalue weighted by atomic mass is 16.7. The summed E-state index contributed by atoms with van der Waals surface area (Å²) in [5.74, 6) is -0.0252. The Morgan fingerprint density at radius 2 is 1.73 bits per heavy atom. The highest BCUT2D eigenvalue weighted by molar-refractivity contribution is 5.85. The van der Waals surface area contributed by atoms with E-state index in [2.05, 4.69) is 13.8 Å². The number of rotatable bonds is 7. The van der Waals surface area contributed by atoms with Gasteiger partial charge >= 0.3 is 5.97 Å². The summed E-state index contributed by atoms with van der Waals surface area (Å²) < 4.78 is 35.5. The predicted molar refractivity (Wildman–Crippen MR) is 170 cm³/mol. The fourth-order valence-electron chi connectivity index (χ4n) is 11.7. The van der Waals surface area contributed by atoms with E-state index in [9.17, 15) is 35.4 Å². The molecule has 49 heavy (non-hydrogen) atoms. The zero-order chi connectivity index (χ0) is 35.0. The third kappa shape index (κ3) is 5.83. The van der Waals surface area contributed by atoms with Crippen LogP contribution in [-0.2, 0) is 33.2 Å². The Kier molecular flexibility index (Phi) is 9.82. The lowest BCUT2D eigenvalue weighted by atomic mass is 9.42. The molecule has 7 aliphatic rings. The third-order valence-corrected chi connectivity index (χ3v) is 14.3. The Labute approximate surface area is 287 Å². The number of esters is 1. The first kappa shape index (κ1) is 36.1. The van der Waals surface area contributed by atoms with Gasteiger partial charge in [0.2, 0.25) is 0 Å². The summed E-state index contributed by atoms with van der Waals surface area (Å²) in [6.45, 7) is 5.97. The van der Waals surface area contributed by atoms with E-state index >= 15 is 0 Å². The third-order valence-electron chi connectivity index (χ3n) is 14.3. The van der Waals surface area contributed by atoms with Crippen LogP contribution in [0, 0.1) is 34.5 Å². The lowest BCUT2D eigenvalue weighted by molar-refractivity contribution is -0.345. The summed E-state index contributed by atoms with van der Waals surface area (Å²) in [6.07, 6.45) is -1.58. The number of cyclic esters (lactones) is 1. The first-order chi connectivity index (χ1) is 23.2. The summed E-state index contributed by atoms with van der Waals surface area (Å²) in [5.41, 5.74) is -0.629. The molecule has 0 spiro atoms. The van der Waals surface area contributed by atoms with E-state index in [-0.39, 0.29) is 41.8 Å². The summed E-state index contributed by atoms with van der Waals surface area (Å²) in [5, 5.41) is 64.9. The van der Waals surface area contributed by atoms with Gasteiger partial charge in [-0.3, -0.25) is 0 Å². The molecule has 7 rings (SSSR count). The van der Waals surface area contributed by atoms with Gasteiger partial charge in [-0.2, -0.15) is 0 Å². The first-order valence-corrected chi connectivity index (χ1v) is 18.3. The molecule has 6 fully saturated rings. The van der Waals surface area contributed by atoms with Gasteiger partial charge in [-0.15, -0.1) is 0 Å². The molecule has 0 aromatic heterocycles. The van der Waals surface area contributed by atoms with Crippen LogP contribution in [0.25, 0.3) is 0 Å². The van der Waals surface area contributed by atoms with Gasteiger partial charge in [0.15, 0.2) is 12.6 Å². The van der Waals surface area contributed by atoms with Gasteiger partial charge in [0.1, 0.15) is 37.1 Å². The maximum Gasteiger partial charge on any atom is 0.331 e. The van der Waals surface area contributed by atoms with Crippen molar-refractivity contribution in [3.63, 3.8) is 0 Å². The van der Waals surface area contributed by atoms with Crippen molar-refractivity contribution in [2.75, 3.05) is 20.3 Å². The van der Waals surface area contributed by atoms with Crippen LogP contribution in [0.15, 0.2) is 11.6 Å². The Morgan fingerprint density at radius 1 is 0.959 bits per heavy atom. The van der Waals surface area contributed by atoms with E-state index in [1.807, 2.05) is 6.92 Å². The monoisotopic (exact) mass is 696 g/mol. The molecule has 0 bridgehead atoms. The van der Waals surface area contributed by atoms with Gasteiger partial charge in [0, 0.05) is 25.0 Å². The quantitative estimate of drug-likeness (QED) is 0.163. The van der Waals surface area contributed by atoms with Gasteiger partial charge in [-0.05, 0) is 93.0 Å². The second-order valence-electron chi connectivity index (χ2n) is 16.6. The zero-order valence-corrected chi connectivity index (χ0v) is 29.1. The number of hydrogen-bond acceptors (Lipinski definition) is 13. The van der Waals surface area contributed by atoms with Crippen LogP contribution in [0.1, 0.15) is 78.6 Å². The number of hydrogen-bond donors (Lipinski definition) is 6. The van der Waals surface area contributed by atoms with Gasteiger partial charge in [-0.1, -0.05) is 13.8 Å². The largest absolute Gasteiger partial charge is 0.458 e. The minimum atomic E-state index is -1.55. The SMILES string of the molecule is COC1CC(OC2CCC3(C)C(CCC4C3C(O)CC3(C)C(C5=CC(=O)OC5)CCC43O)C2)OC(C)C1O[C@@H]1O[C@H](CO)[C@@H](O)[C@H](O)[C@H]1O. The molecular weight excluding hydrogens is 640 g/mol. The van der Waals surface area contributed by atoms with Crippen molar-refractivity contribution < 1.29 is 63.9 Å². The lowest BCUT2D eigenvalue weighted by Crippen LogP contribution is -2.66. The normalized spacial score (nSPS) is 54.4. The van der Waals surface area contributed by atoms with Crippen molar-refractivity contribution in [2.24, 2.45) is 34.5 Å². The second kappa shape index (κ2) is 13.3. The molecule has 278 valence electrons. The Morgan fingerprint density at radius 3 is 2.43 bits per heavy atom. The van der Waals surface area contributed by atoms with Crippen LogP contribution in [0.4, 0.5) is 0 Å². The van der Waals surface area contributed by atoms with Gasteiger partial charge in [-0.25, -0.2) is 4.79 Å². The Balaban J connectivity index is 0.989. The second-order valence-corrected chi connectivity index (χ2v) is 16.6. The number of carbonyl (C=O) groups is 1. The van der Waals surface area contributed by atoms with Gasteiger partial charge in [0.25, 0.3) is 0 Å². The molecule has 3 aliphatic heterocycles. The molecule has 0 radical (unpaired) electrons. The minimum Gasteiger partial charge on any atom is -0.458 e. The lowest BCUT2D eigenvalue weighted by Gasteiger charge is -2.65. The fraction of sp³-hybridized carbons (Fsp3) is 0.917. The van der Waals surface area contributed by atoms with Crippen LogP contribution in [0.5, 0.6) is 0 Å². The first-order valence-electron chi connectivity index (χ1n) is 18.3. The number of ether oxygens (including phenoxy) is 6. The van der Waals surface area contributed by atoms with Crippen LogP contribution in [-0.4, -0.2) is 130 Å². The van der Waals surface area contributed by atoms with E-state index in [4.69, 9.17) is 28.4 Å². The molecule has 2 saturated heterocycles. The molecule has 0 amide bonds. The maximum absolute atomic E-state index is 12.5. The summed E-state index contributed by atoms with van der Waals surface area (Å²) in [7, 11) is 1.56. The number of methoxy groups -OCH3 is 1. The van der Waals surface area contributed by atoms with Crippen LogP contribution >= 0.6 is 0 Å². The van der Waals surface area contributed by atoms with Crippen molar-refractivity contribution in [1.82, 2.24) is 0 Å². The topological polar surface area (TPSA) is 194 Å². The standard InChI is InChI=1S/C36H56O13/c1-17-32(49-33-31(42)30(41)29(40)25(15-37)48-33)24(44-4)13-27(46-17)47-20-7-9-34(2)19(12-20)5-6-22-28(34)23(38)14-35(3)21(8-10-36(22,35)43)18-11-26(39)45-16-18/h11,17,19-25,27-33,37-38,40-43H,5-10,12-16H2,1-4H3/t17?,19?,20?,21?,22?,23?,24?,25-,27?,28?,29-,30+,31-,32?,33+,34?,35?,36?/m1/s1. The van der Waals surface area contributed by atoms with Gasteiger partial charge < -0.3 is 59.1 Å². The van der Waals surface area contributed by atoms with E-state index < -0.39 is 79.0 Å². The van der Waals surface area contributed by atoms with Crippen molar-refractivity contribution in [1.29, 1.82) is 0 Å². The Hall–Kier alpha value is -1.23. The highest BCUT2D eigenvalue weighted by Gasteiger charge is 2.70. The summed E-state index contributed by atoms with van der Waals surface area (Å²) in [6, 6.07) is 0. The molecule has 18 atom stereocenters. The number of fused-ring (bicyclic) bond motifs is 5. The fourth-order valence-corrected chi connectivity index (χ4v) is 11.7. The van der Waals surface area contributed by atoms with Crippen molar-refractivity contribution in [3.8, 4) is 0 Å². The molecule has 13 nitrogen and oxygen atoms in total. The van der Waals surface area contributed by atoms with Crippen molar-refractivity contribution in [3.05, 3.63) is 11.6 Å². The van der Waals surface area contributed by atoms with Crippen LogP contribution in [0.2, 0.25) is 0 Å². The van der Waals surface area contributed by atoms with Gasteiger partial charge in [0.05, 0.1) is 36.6 Å². The molecule has 3 heterocycles. The predicted octanol–water partition coefficient (Wildman–Crippen LogP) is 0.934. The average Bonchev–Trinajstić information content (AvgIpc) is 3.61. The molecule has 0 aromatic rings. The number of carbonyl (C=O) groups excluding carboxylic acids is 1. The van der Waals surface area contributed by atoms with Crippen molar-refractivity contribution >= 4 is 5.97 Å². The average molecular weight is 697 g/mol. The molecular formula is C36H56O13. The van der Waals surface area contributed by atoms with E-state index in [0.29, 0.717) is 25.2 Å². The van der Waals surface area contributed by atoms with E-state index in [1.54, 1.807) is 13.2 Å². The zero-order valence-electron chi connectivity index (χ0n) is 29.1. The van der Waals surface area contributed by atoms with E-state index in [1.165, 1.54) is 0 Å². The van der Waals surface area contributed by atoms with Crippen molar-refractivity contribution in [2.45, 2.75) is 152 Å². The summed E-state index contributed by atoms with van der Waals surface area (Å²) in [4.78, 5) is 11.9. The summed E-state index contributed by atoms with van der Waals surface area (Å²) >= 11 is 0. The van der Waals surface area contributed by atoms with Crippen LogP contribution in [0.3, 0.4) is 0 Å². The highest BCUT2D eigenvalue weighted by Crippen LogP contribution is 2.70. The smallest absolute Gasteiger partial charge is 0.331 e. The number of aliphatic hydroxyl groups excluding tert-OH is 5. The number of aliphatic hydroxyl groups is 6. The Bertz CT molecular complexity index is 1260. The molecule has 6 N–H and O–H groups in total. The molecule has 13 unspecified atom stereocenters. The van der Waals surface area contributed by atoms with Crippen LogP contribution < -0.4 is 0 Å². The molecule has 13 heteroatoms. The maximum atomic E-state index is 12.5. The minimum absolute atomic E-state index is 0.0187. The molecule has 4 saturated carbocycles. The molecule has 0 aromatic carbocycles. The molecule has 4 aliphatic carbocycles. The van der Waals surface area contributed by atoms with E-state index in [0.717, 1.165) is 44.1 Å².